The maximum Gasteiger partial charge on any atom is 0.416 e. The molecule has 5 heteroatoms. The van der Waals surface area contributed by atoms with Crippen LogP contribution in [0.25, 0.3) is 0 Å². The van der Waals surface area contributed by atoms with Crippen molar-refractivity contribution in [1.82, 2.24) is 0 Å². The fraction of sp³-hybridized carbons (Fsp3) is 0.263. The van der Waals surface area contributed by atoms with Gasteiger partial charge in [-0.05, 0) is 53.8 Å². The molecule has 1 heterocycles. The zero-order chi connectivity index (χ0) is 16.9. The van der Waals surface area contributed by atoms with E-state index in [4.69, 9.17) is 0 Å². The molecule has 0 saturated heterocycles. The van der Waals surface area contributed by atoms with Gasteiger partial charge in [-0.1, -0.05) is 24.3 Å². The molecule has 2 aromatic rings. The van der Waals surface area contributed by atoms with Gasteiger partial charge in [-0.2, -0.15) is 13.2 Å². The SMILES string of the molecule is Fc1ccc([C@@H]2Nc3ccc(C(F)(F)F)cc3[C@H]3C=CC[C@@H]32)cc1. The second-order valence-corrected chi connectivity index (χ2v) is 6.33. The Labute approximate surface area is 137 Å². The number of anilines is 1. The van der Waals surface area contributed by atoms with E-state index in [1.807, 2.05) is 12.2 Å². The van der Waals surface area contributed by atoms with Gasteiger partial charge in [-0.15, -0.1) is 0 Å². The number of halogens is 4. The predicted octanol–water partition coefficient (Wildman–Crippen LogP) is 5.67. The van der Waals surface area contributed by atoms with Gasteiger partial charge in [0.05, 0.1) is 11.6 Å². The Morgan fingerprint density at radius 2 is 1.75 bits per heavy atom. The number of hydrogen-bond acceptors (Lipinski definition) is 1. The lowest BCUT2D eigenvalue weighted by Gasteiger charge is -2.37. The van der Waals surface area contributed by atoms with Gasteiger partial charge >= 0.3 is 6.18 Å². The van der Waals surface area contributed by atoms with Crippen molar-refractivity contribution in [3.05, 3.63) is 77.1 Å². The molecule has 4 rings (SSSR count). The van der Waals surface area contributed by atoms with Gasteiger partial charge in [0.15, 0.2) is 0 Å². The summed E-state index contributed by atoms with van der Waals surface area (Å²) in [7, 11) is 0. The van der Waals surface area contributed by atoms with E-state index < -0.39 is 11.7 Å². The fourth-order valence-corrected chi connectivity index (χ4v) is 3.77. The molecule has 1 aliphatic carbocycles. The molecule has 0 unspecified atom stereocenters. The highest BCUT2D eigenvalue weighted by Crippen LogP contribution is 2.50. The number of fused-ring (bicyclic) bond motifs is 3. The van der Waals surface area contributed by atoms with Crippen molar-refractivity contribution in [2.75, 3.05) is 5.32 Å². The van der Waals surface area contributed by atoms with Crippen LogP contribution in [0.5, 0.6) is 0 Å². The molecule has 24 heavy (non-hydrogen) atoms. The molecule has 1 N–H and O–H groups in total. The topological polar surface area (TPSA) is 12.0 Å². The normalized spacial score (nSPS) is 25.1. The van der Waals surface area contributed by atoms with Crippen molar-refractivity contribution in [3.63, 3.8) is 0 Å². The van der Waals surface area contributed by atoms with Gasteiger partial charge in [0.1, 0.15) is 5.82 Å². The Morgan fingerprint density at radius 1 is 1.00 bits per heavy atom. The fourth-order valence-electron chi connectivity index (χ4n) is 3.77. The molecule has 1 nitrogen and oxygen atoms in total. The van der Waals surface area contributed by atoms with Crippen molar-refractivity contribution in [2.45, 2.75) is 24.6 Å². The molecular formula is C19H15F4N. The Hall–Kier alpha value is -2.30. The lowest BCUT2D eigenvalue weighted by molar-refractivity contribution is -0.137. The van der Waals surface area contributed by atoms with Crippen molar-refractivity contribution in [2.24, 2.45) is 5.92 Å². The van der Waals surface area contributed by atoms with Crippen LogP contribution in [0.15, 0.2) is 54.6 Å². The van der Waals surface area contributed by atoms with Crippen LogP contribution in [-0.4, -0.2) is 0 Å². The number of hydrogen-bond donors (Lipinski definition) is 1. The van der Waals surface area contributed by atoms with E-state index in [1.54, 1.807) is 12.1 Å². The van der Waals surface area contributed by atoms with Gasteiger partial charge in [0.2, 0.25) is 0 Å². The van der Waals surface area contributed by atoms with Crippen LogP contribution in [0.2, 0.25) is 0 Å². The van der Waals surface area contributed by atoms with E-state index in [-0.39, 0.29) is 23.7 Å². The van der Waals surface area contributed by atoms with E-state index in [2.05, 4.69) is 5.32 Å². The molecule has 0 amide bonds. The Kier molecular flexibility index (Phi) is 3.41. The van der Waals surface area contributed by atoms with E-state index >= 15 is 0 Å². The van der Waals surface area contributed by atoms with Gasteiger partial charge in [-0.25, -0.2) is 4.39 Å². The van der Waals surface area contributed by atoms with Crippen molar-refractivity contribution >= 4 is 5.69 Å². The standard InChI is InChI=1S/C19H15F4N/c20-13-7-4-11(5-8-13)18-15-3-1-2-14(15)16-10-12(19(21,22)23)6-9-17(16)24-18/h1-2,4-10,14-15,18,24H,3H2/t14-,15-,18-/m0/s1. The van der Waals surface area contributed by atoms with Crippen LogP contribution in [0, 0.1) is 11.7 Å². The summed E-state index contributed by atoms with van der Waals surface area (Å²) in [4.78, 5) is 0. The first-order chi connectivity index (χ1) is 11.4. The highest BCUT2D eigenvalue weighted by molar-refractivity contribution is 5.61. The van der Waals surface area contributed by atoms with Crippen LogP contribution in [0.1, 0.15) is 35.1 Å². The van der Waals surface area contributed by atoms with Crippen LogP contribution in [0.3, 0.4) is 0 Å². The predicted molar refractivity (Wildman–Crippen MR) is 84.2 cm³/mol. The molecule has 0 bridgehead atoms. The largest absolute Gasteiger partial charge is 0.416 e. The summed E-state index contributed by atoms with van der Waals surface area (Å²) in [5.41, 5.74) is 1.72. The zero-order valence-electron chi connectivity index (χ0n) is 12.6. The number of alkyl halides is 3. The quantitative estimate of drug-likeness (QED) is 0.524. The third-order valence-electron chi connectivity index (χ3n) is 4.92. The average Bonchev–Trinajstić information content (AvgIpc) is 3.03. The molecule has 0 fully saturated rings. The highest BCUT2D eigenvalue weighted by atomic mass is 19.4. The number of rotatable bonds is 1. The molecular weight excluding hydrogens is 318 g/mol. The first-order valence-electron chi connectivity index (χ1n) is 7.83. The minimum absolute atomic E-state index is 0.0464. The minimum Gasteiger partial charge on any atom is -0.378 e. The van der Waals surface area contributed by atoms with Crippen molar-refractivity contribution < 1.29 is 17.6 Å². The van der Waals surface area contributed by atoms with Crippen LogP contribution in [0.4, 0.5) is 23.2 Å². The highest BCUT2D eigenvalue weighted by Gasteiger charge is 2.39. The lowest BCUT2D eigenvalue weighted by Crippen LogP contribution is -2.29. The second kappa shape index (κ2) is 5.36. The molecule has 0 spiro atoms. The first kappa shape index (κ1) is 15.2. The average molecular weight is 333 g/mol. The summed E-state index contributed by atoms with van der Waals surface area (Å²) < 4.78 is 52.2. The molecule has 2 aliphatic rings. The molecule has 124 valence electrons. The smallest absolute Gasteiger partial charge is 0.378 e. The van der Waals surface area contributed by atoms with Gasteiger partial charge in [0, 0.05) is 11.6 Å². The molecule has 0 saturated carbocycles. The summed E-state index contributed by atoms with van der Waals surface area (Å²) in [6.07, 6.45) is 0.444. The molecule has 1 aliphatic heterocycles. The van der Waals surface area contributed by atoms with Gasteiger partial charge in [-0.3, -0.25) is 0 Å². The molecule has 0 aromatic heterocycles. The Bertz CT molecular complexity index is 792. The molecule has 3 atom stereocenters. The summed E-state index contributed by atoms with van der Waals surface area (Å²) in [5, 5.41) is 3.35. The third kappa shape index (κ3) is 2.48. The van der Waals surface area contributed by atoms with Gasteiger partial charge in [0.25, 0.3) is 0 Å². The molecule has 0 radical (unpaired) electrons. The van der Waals surface area contributed by atoms with Crippen molar-refractivity contribution in [1.29, 1.82) is 0 Å². The third-order valence-corrected chi connectivity index (χ3v) is 4.92. The first-order valence-corrected chi connectivity index (χ1v) is 7.83. The summed E-state index contributed by atoms with van der Waals surface area (Å²) in [5.74, 6) is -0.226. The second-order valence-electron chi connectivity index (χ2n) is 6.33. The van der Waals surface area contributed by atoms with Crippen LogP contribution < -0.4 is 5.32 Å². The zero-order valence-corrected chi connectivity index (χ0v) is 12.6. The molecule has 2 aromatic carbocycles. The Morgan fingerprint density at radius 3 is 2.46 bits per heavy atom. The Balaban J connectivity index is 1.76. The van der Waals surface area contributed by atoms with E-state index in [9.17, 15) is 17.6 Å². The van der Waals surface area contributed by atoms with E-state index in [0.29, 0.717) is 11.3 Å². The summed E-state index contributed by atoms with van der Waals surface area (Å²) >= 11 is 0. The van der Waals surface area contributed by atoms with Crippen LogP contribution >= 0.6 is 0 Å². The number of nitrogens with one attached hydrogen (secondary N) is 1. The number of allylic oxidation sites excluding steroid dienone is 2. The monoisotopic (exact) mass is 333 g/mol. The van der Waals surface area contributed by atoms with Crippen LogP contribution in [-0.2, 0) is 6.18 Å². The maximum absolute atomic E-state index is 13.2. The minimum atomic E-state index is -4.35. The van der Waals surface area contributed by atoms with E-state index in [0.717, 1.165) is 18.1 Å². The summed E-state index contributed by atoms with van der Waals surface area (Å²) in [6.45, 7) is 0. The number of benzene rings is 2. The maximum atomic E-state index is 13.2. The van der Waals surface area contributed by atoms with E-state index in [1.165, 1.54) is 24.3 Å². The van der Waals surface area contributed by atoms with Gasteiger partial charge < -0.3 is 5.32 Å². The lowest BCUT2D eigenvalue weighted by atomic mass is 9.76. The summed E-state index contributed by atoms with van der Waals surface area (Å²) in [6, 6.07) is 10.1. The van der Waals surface area contributed by atoms with Crippen molar-refractivity contribution in [3.8, 4) is 0 Å².